The average Bonchev–Trinajstić information content (AvgIpc) is 2.58. The van der Waals surface area contributed by atoms with Crippen molar-refractivity contribution in [3.63, 3.8) is 0 Å². The zero-order valence-corrected chi connectivity index (χ0v) is 13.4. The van der Waals surface area contributed by atoms with Crippen LogP contribution in [-0.4, -0.2) is 72.3 Å². The third kappa shape index (κ3) is 4.04. The summed E-state index contributed by atoms with van der Waals surface area (Å²) in [5, 5.41) is 3.84. The standard InChI is InChI=1S/C13H26N2OS2/c1-10(2)15-6-12(13(7-15)16-3)14-11-8-17-4-5-18-9-11/h10-14H,4-9H2,1-3H3/t12-,13-/m0/s1. The van der Waals surface area contributed by atoms with Crippen LogP contribution in [0, 0.1) is 0 Å². The average molecular weight is 290 g/mol. The fraction of sp³-hybridized carbons (Fsp3) is 1.00. The molecule has 2 aliphatic rings. The van der Waals surface area contributed by atoms with Gasteiger partial charge in [0.05, 0.1) is 6.10 Å². The quantitative estimate of drug-likeness (QED) is 0.846. The first kappa shape index (κ1) is 15.0. The molecule has 0 spiro atoms. The summed E-state index contributed by atoms with van der Waals surface area (Å²) in [6.45, 7) is 6.74. The Morgan fingerprint density at radius 2 is 1.83 bits per heavy atom. The summed E-state index contributed by atoms with van der Waals surface area (Å²) < 4.78 is 5.66. The lowest BCUT2D eigenvalue weighted by atomic mass is 10.2. The molecule has 2 aliphatic heterocycles. The molecule has 2 fully saturated rings. The molecule has 0 aliphatic carbocycles. The number of hydrogen-bond acceptors (Lipinski definition) is 5. The summed E-state index contributed by atoms with van der Waals surface area (Å²) >= 11 is 4.17. The molecular weight excluding hydrogens is 264 g/mol. The van der Waals surface area contributed by atoms with E-state index in [-0.39, 0.29) is 0 Å². The van der Waals surface area contributed by atoms with E-state index in [9.17, 15) is 0 Å². The summed E-state index contributed by atoms with van der Waals surface area (Å²) in [7, 11) is 1.85. The number of likely N-dealkylation sites (tertiary alicyclic amines) is 1. The highest BCUT2D eigenvalue weighted by Crippen LogP contribution is 2.20. The van der Waals surface area contributed by atoms with E-state index in [1.54, 1.807) is 0 Å². The van der Waals surface area contributed by atoms with Crippen LogP contribution in [0.3, 0.4) is 0 Å². The van der Waals surface area contributed by atoms with E-state index in [1.165, 1.54) is 23.0 Å². The summed E-state index contributed by atoms with van der Waals surface area (Å²) in [5.74, 6) is 5.11. The van der Waals surface area contributed by atoms with E-state index in [0.29, 0.717) is 24.2 Å². The van der Waals surface area contributed by atoms with Gasteiger partial charge in [-0.15, -0.1) is 0 Å². The molecule has 0 radical (unpaired) electrons. The highest BCUT2D eigenvalue weighted by Gasteiger charge is 2.35. The van der Waals surface area contributed by atoms with Gasteiger partial charge in [-0.3, -0.25) is 4.90 Å². The minimum atomic E-state index is 0.352. The van der Waals surface area contributed by atoms with E-state index >= 15 is 0 Å². The lowest BCUT2D eigenvalue weighted by Gasteiger charge is -2.24. The van der Waals surface area contributed by atoms with E-state index in [2.05, 4.69) is 47.6 Å². The first-order valence-electron chi connectivity index (χ1n) is 6.89. The number of rotatable bonds is 4. The highest BCUT2D eigenvalue weighted by atomic mass is 32.2. The predicted octanol–water partition coefficient (Wildman–Crippen LogP) is 1.53. The SMILES string of the molecule is CO[C@H]1CN(C(C)C)C[C@@H]1NC1CSCCSC1. The molecule has 1 N–H and O–H groups in total. The molecule has 5 heteroatoms. The second-order valence-electron chi connectivity index (χ2n) is 5.44. The molecule has 2 rings (SSSR count). The van der Waals surface area contributed by atoms with Gasteiger partial charge < -0.3 is 10.1 Å². The molecule has 2 saturated heterocycles. The van der Waals surface area contributed by atoms with Gasteiger partial charge in [0.1, 0.15) is 0 Å². The molecule has 0 saturated carbocycles. The van der Waals surface area contributed by atoms with Crippen molar-refractivity contribution in [3.05, 3.63) is 0 Å². The lowest BCUT2D eigenvalue weighted by molar-refractivity contribution is 0.0858. The molecule has 0 aromatic heterocycles. The maximum absolute atomic E-state index is 5.66. The summed E-state index contributed by atoms with van der Waals surface area (Å²) in [6, 6.07) is 1.77. The fourth-order valence-corrected chi connectivity index (χ4v) is 5.06. The van der Waals surface area contributed by atoms with Gasteiger partial charge in [0.25, 0.3) is 0 Å². The number of thioether (sulfide) groups is 2. The Morgan fingerprint density at radius 3 is 2.39 bits per heavy atom. The van der Waals surface area contributed by atoms with Gasteiger partial charge in [0.15, 0.2) is 0 Å². The van der Waals surface area contributed by atoms with Crippen LogP contribution in [-0.2, 0) is 4.74 Å². The minimum absolute atomic E-state index is 0.352. The molecule has 0 amide bonds. The zero-order valence-electron chi connectivity index (χ0n) is 11.7. The topological polar surface area (TPSA) is 24.5 Å². The molecule has 106 valence electrons. The van der Waals surface area contributed by atoms with Gasteiger partial charge in [-0.25, -0.2) is 0 Å². The van der Waals surface area contributed by atoms with E-state index in [0.717, 1.165) is 13.1 Å². The van der Waals surface area contributed by atoms with Crippen molar-refractivity contribution >= 4 is 23.5 Å². The van der Waals surface area contributed by atoms with Crippen LogP contribution < -0.4 is 5.32 Å². The maximum atomic E-state index is 5.66. The van der Waals surface area contributed by atoms with Crippen molar-refractivity contribution in [2.24, 2.45) is 0 Å². The van der Waals surface area contributed by atoms with Crippen LogP contribution in [0.15, 0.2) is 0 Å². The Balaban J connectivity index is 1.86. The Kier molecular flexibility index (Phi) is 6.15. The molecule has 3 nitrogen and oxygen atoms in total. The van der Waals surface area contributed by atoms with Crippen LogP contribution in [0.1, 0.15) is 13.8 Å². The van der Waals surface area contributed by atoms with Crippen LogP contribution in [0.4, 0.5) is 0 Å². The number of ether oxygens (including phenoxy) is 1. The van der Waals surface area contributed by atoms with Gasteiger partial charge in [-0.05, 0) is 13.8 Å². The molecular formula is C13H26N2OS2. The maximum Gasteiger partial charge on any atom is 0.0863 e. The van der Waals surface area contributed by atoms with E-state index in [1.807, 2.05) is 7.11 Å². The Hall–Kier alpha value is 0.580. The summed E-state index contributed by atoms with van der Waals surface area (Å²) in [4.78, 5) is 2.52. The first-order valence-corrected chi connectivity index (χ1v) is 9.20. The van der Waals surface area contributed by atoms with Crippen molar-refractivity contribution in [1.82, 2.24) is 10.2 Å². The van der Waals surface area contributed by atoms with E-state index < -0.39 is 0 Å². The second-order valence-corrected chi connectivity index (χ2v) is 7.74. The molecule has 2 atom stereocenters. The molecule has 0 bridgehead atoms. The second kappa shape index (κ2) is 7.39. The molecule has 0 aromatic rings. The lowest BCUT2D eigenvalue weighted by Crippen LogP contribution is -2.47. The third-order valence-electron chi connectivity index (χ3n) is 3.79. The number of methoxy groups -OCH3 is 1. The van der Waals surface area contributed by atoms with Crippen LogP contribution in [0.25, 0.3) is 0 Å². The third-order valence-corrected chi connectivity index (χ3v) is 6.31. The monoisotopic (exact) mass is 290 g/mol. The van der Waals surface area contributed by atoms with Crippen molar-refractivity contribution in [1.29, 1.82) is 0 Å². The zero-order chi connectivity index (χ0) is 13.0. The largest absolute Gasteiger partial charge is 0.378 e. The van der Waals surface area contributed by atoms with Crippen LogP contribution in [0.5, 0.6) is 0 Å². The van der Waals surface area contributed by atoms with Crippen molar-refractivity contribution in [3.8, 4) is 0 Å². The number of nitrogens with zero attached hydrogens (tertiary/aromatic N) is 1. The number of nitrogens with one attached hydrogen (secondary N) is 1. The van der Waals surface area contributed by atoms with Crippen LogP contribution in [0.2, 0.25) is 0 Å². The molecule has 0 unspecified atom stereocenters. The van der Waals surface area contributed by atoms with Crippen molar-refractivity contribution < 1.29 is 4.74 Å². The van der Waals surface area contributed by atoms with Gasteiger partial charge in [-0.1, -0.05) is 0 Å². The first-order chi connectivity index (χ1) is 8.70. The van der Waals surface area contributed by atoms with Crippen LogP contribution >= 0.6 is 23.5 Å². The van der Waals surface area contributed by atoms with Gasteiger partial charge >= 0.3 is 0 Å². The smallest absolute Gasteiger partial charge is 0.0863 e. The Labute approximate surface area is 120 Å². The fourth-order valence-electron chi connectivity index (χ4n) is 2.64. The van der Waals surface area contributed by atoms with Gasteiger partial charge in [0, 0.05) is 61.3 Å². The molecule has 2 heterocycles. The Morgan fingerprint density at radius 1 is 1.17 bits per heavy atom. The Bertz CT molecular complexity index is 245. The van der Waals surface area contributed by atoms with Crippen molar-refractivity contribution in [2.45, 2.75) is 38.1 Å². The summed E-state index contributed by atoms with van der Waals surface area (Å²) in [5.41, 5.74) is 0. The minimum Gasteiger partial charge on any atom is -0.378 e. The molecule has 0 aromatic carbocycles. The number of hydrogen-bond donors (Lipinski definition) is 1. The normalized spacial score (nSPS) is 32.0. The predicted molar refractivity (Wildman–Crippen MR) is 82.9 cm³/mol. The van der Waals surface area contributed by atoms with Gasteiger partial charge in [-0.2, -0.15) is 23.5 Å². The van der Waals surface area contributed by atoms with Crippen molar-refractivity contribution in [2.75, 3.05) is 43.2 Å². The molecule has 18 heavy (non-hydrogen) atoms. The van der Waals surface area contributed by atoms with Gasteiger partial charge in [0.2, 0.25) is 0 Å². The summed E-state index contributed by atoms with van der Waals surface area (Å²) in [6.07, 6.45) is 0.352. The highest BCUT2D eigenvalue weighted by molar-refractivity contribution is 8.03. The van der Waals surface area contributed by atoms with E-state index in [4.69, 9.17) is 4.74 Å².